The number of carbonyl (C=O) groups excluding carboxylic acids is 3. The highest BCUT2D eigenvalue weighted by Gasteiger charge is 2.22. The maximum Gasteiger partial charge on any atom is 0.251 e. The highest BCUT2D eigenvalue weighted by atomic mass is 35.5. The van der Waals surface area contributed by atoms with E-state index in [1.165, 1.54) is 0 Å². The molecule has 0 bridgehead atoms. The van der Waals surface area contributed by atoms with Crippen LogP contribution in [0.1, 0.15) is 22.3 Å². The van der Waals surface area contributed by atoms with Crippen LogP contribution in [-0.4, -0.2) is 30.4 Å². The van der Waals surface area contributed by atoms with Crippen molar-refractivity contribution in [1.29, 1.82) is 0 Å². The summed E-state index contributed by atoms with van der Waals surface area (Å²) in [7, 11) is 0. The molecule has 0 saturated heterocycles. The van der Waals surface area contributed by atoms with Gasteiger partial charge in [-0.2, -0.15) is 0 Å². The quantitative estimate of drug-likeness (QED) is 0.425. The lowest BCUT2D eigenvalue weighted by Gasteiger charge is -2.19. The molecule has 33 heavy (non-hydrogen) atoms. The predicted octanol–water partition coefficient (Wildman–Crippen LogP) is 3.57. The van der Waals surface area contributed by atoms with E-state index >= 15 is 0 Å². The summed E-state index contributed by atoms with van der Waals surface area (Å²) in [4.78, 5) is 36.6. The Morgan fingerprint density at radius 2 is 1.58 bits per heavy atom. The predicted molar refractivity (Wildman–Crippen MR) is 127 cm³/mol. The van der Waals surface area contributed by atoms with Crippen molar-refractivity contribution >= 4 is 35.0 Å². The van der Waals surface area contributed by atoms with Gasteiger partial charge in [-0.1, -0.05) is 41.9 Å². The highest BCUT2D eigenvalue weighted by molar-refractivity contribution is 6.30. The van der Waals surface area contributed by atoms with E-state index in [4.69, 9.17) is 22.1 Å². The fourth-order valence-electron chi connectivity index (χ4n) is 3.04. The lowest BCUT2D eigenvalue weighted by Crippen LogP contribution is -2.45. The molecule has 3 aromatic rings. The third-order valence-corrected chi connectivity index (χ3v) is 5.00. The van der Waals surface area contributed by atoms with Gasteiger partial charge in [0.25, 0.3) is 5.91 Å². The van der Waals surface area contributed by atoms with Crippen molar-refractivity contribution in [2.24, 2.45) is 5.73 Å². The van der Waals surface area contributed by atoms with Gasteiger partial charge in [0, 0.05) is 22.7 Å². The van der Waals surface area contributed by atoms with Gasteiger partial charge in [-0.05, 0) is 54.1 Å². The number of primary amides is 1. The summed E-state index contributed by atoms with van der Waals surface area (Å²) in [6.45, 7) is 0.177. The number of nitrogens with one attached hydrogen (secondary N) is 2. The van der Waals surface area contributed by atoms with Crippen LogP contribution in [-0.2, 0) is 16.0 Å². The number of anilines is 1. The van der Waals surface area contributed by atoms with E-state index in [0.717, 1.165) is 5.56 Å². The Hall–Kier alpha value is -3.84. The van der Waals surface area contributed by atoms with E-state index < -0.39 is 11.9 Å². The fraction of sp³-hybridized carbons (Fsp3) is 0.160. The molecule has 170 valence electrons. The molecule has 1 atom stereocenters. The zero-order valence-electron chi connectivity index (χ0n) is 17.8. The Morgan fingerprint density at radius 3 is 2.21 bits per heavy atom. The van der Waals surface area contributed by atoms with Crippen LogP contribution >= 0.6 is 11.6 Å². The number of benzene rings is 3. The molecule has 0 aliphatic carbocycles. The smallest absolute Gasteiger partial charge is 0.251 e. The van der Waals surface area contributed by atoms with Crippen molar-refractivity contribution < 1.29 is 19.1 Å². The number of rotatable bonds is 10. The number of ether oxygens (including phenoxy) is 1. The molecule has 0 saturated carbocycles. The number of halogens is 1. The van der Waals surface area contributed by atoms with Gasteiger partial charge in [0.1, 0.15) is 11.8 Å². The van der Waals surface area contributed by atoms with Crippen molar-refractivity contribution in [2.75, 3.05) is 11.9 Å². The second-order valence-corrected chi connectivity index (χ2v) is 7.74. The molecule has 3 amide bonds. The lowest BCUT2D eigenvalue weighted by atomic mass is 10.0. The number of carbonyl (C=O) groups is 3. The molecule has 7 nitrogen and oxygen atoms in total. The van der Waals surface area contributed by atoms with Crippen LogP contribution in [0.3, 0.4) is 0 Å². The first-order chi connectivity index (χ1) is 15.9. The maximum atomic E-state index is 13.0. The zero-order chi connectivity index (χ0) is 23.6. The molecule has 0 spiro atoms. The molecule has 8 heteroatoms. The Morgan fingerprint density at radius 1 is 0.909 bits per heavy atom. The molecule has 0 aliphatic rings. The molecule has 3 aromatic carbocycles. The van der Waals surface area contributed by atoms with E-state index in [9.17, 15) is 14.4 Å². The van der Waals surface area contributed by atoms with Crippen molar-refractivity contribution in [3.8, 4) is 5.75 Å². The lowest BCUT2D eigenvalue weighted by molar-refractivity contribution is -0.119. The van der Waals surface area contributed by atoms with Gasteiger partial charge in [0.2, 0.25) is 11.8 Å². The van der Waals surface area contributed by atoms with Crippen LogP contribution in [0, 0.1) is 0 Å². The summed E-state index contributed by atoms with van der Waals surface area (Å²) in [6.07, 6.45) is 0.438. The van der Waals surface area contributed by atoms with Crippen molar-refractivity contribution in [1.82, 2.24) is 5.32 Å². The fourth-order valence-corrected chi connectivity index (χ4v) is 3.16. The average molecular weight is 466 g/mol. The summed E-state index contributed by atoms with van der Waals surface area (Å²) < 4.78 is 5.43. The Kier molecular flexibility index (Phi) is 8.43. The molecule has 0 aliphatic heterocycles. The summed E-state index contributed by atoms with van der Waals surface area (Å²) in [6, 6.07) is 21.8. The monoisotopic (exact) mass is 465 g/mol. The maximum absolute atomic E-state index is 13.0. The first kappa shape index (κ1) is 23.8. The van der Waals surface area contributed by atoms with Crippen LogP contribution < -0.4 is 21.1 Å². The van der Waals surface area contributed by atoms with Gasteiger partial charge in [-0.3, -0.25) is 14.4 Å². The van der Waals surface area contributed by atoms with Crippen LogP contribution in [0.15, 0.2) is 78.9 Å². The van der Waals surface area contributed by atoms with Crippen LogP contribution in [0.4, 0.5) is 5.69 Å². The van der Waals surface area contributed by atoms with Gasteiger partial charge in [-0.25, -0.2) is 0 Å². The summed E-state index contributed by atoms with van der Waals surface area (Å²) in [5.41, 5.74) is 6.95. The first-order valence-electron chi connectivity index (χ1n) is 10.3. The van der Waals surface area contributed by atoms with Crippen molar-refractivity contribution in [3.05, 3.63) is 95.0 Å². The zero-order valence-corrected chi connectivity index (χ0v) is 18.5. The molecule has 0 aromatic heterocycles. The average Bonchev–Trinajstić information content (AvgIpc) is 2.80. The van der Waals surface area contributed by atoms with Crippen LogP contribution in [0.2, 0.25) is 5.02 Å². The van der Waals surface area contributed by atoms with Gasteiger partial charge < -0.3 is 21.1 Å². The van der Waals surface area contributed by atoms with E-state index in [1.54, 1.807) is 48.5 Å². The van der Waals surface area contributed by atoms with E-state index in [1.807, 2.05) is 30.3 Å². The second kappa shape index (κ2) is 11.7. The van der Waals surface area contributed by atoms with Crippen molar-refractivity contribution in [2.45, 2.75) is 18.9 Å². The molecular weight excluding hydrogens is 442 g/mol. The van der Waals surface area contributed by atoms with Crippen molar-refractivity contribution in [3.63, 3.8) is 0 Å². The highest BCUT2D eigenvalue weighted by Crippen LogP contribution is 2.17. The molecule has 4 N–H and O–H groups in total. The normalized spacial score (nSPS) is 11.3. The minimum Gasteiger partial charge on any atom is -0.493 e. The standard InChI is InChI=1S/C25H24ClN3O4/c26-19-8-6-18(7-9-19)24(31)29-22(16-17-4-2-1-3-5-17)25(32)28-20-10-12-21(13-11-20)33-15-14-23(27)30/h1-13,22H,14-16H2,(H2,27,30)(H,28,32)(H,29,31). The molecule has 0 heterocycles. The molecule has 3 rings (SSSR count). The van der Waals surface area contributed by atoms with Gasteiger partial charge in [0.05, 0.1) is 13.0 Å². The first-order valence-corrected chi connectivity index (χ1v) is 10.7. The Balaban J connectivity index is 1.68. The second-order valence-electron chi connectivity index (χ2n) is 7.30. The van der Waals surface area contributed by atoms with Crippen LogP contribution in [0.25, 0.3) is 0 Å². The third-order valence-electron chi connectivity index (χ3n) is 4.75. The Labute approximate surface area is 196 Å². The minimum atomic E-state index is -0.804. The summed E-state index contributed by atoms with van der Waals surface area (Å²) in [5.74, 6) is -0.625. The largest absolute Gasteiger partial charge is 0.493 e. The number of amides is 3. The van der Waals surface area contributed by atoms with Gasteiger partial charge in [-0.15, -0.1) is 0 Å². The van der Waals surface area contributed by atoms with Gasteiger partial charge in [0.15, 0.2) is 0 Å². The molecular formula is C25H24ClN3O4. The molecule has 0 radical (unpaired) electrons. The van der Waals surface area contributed by atoms with Gasteiger partial charge >= 0.3 is 0 Å². The summed E-state index contributed by atoms with van der Waals surface area (Å²) >= 11 is 5.90. The molecule has 0 fully saturated rings. The van der Waals surface area contributed by atoms with E-state index in [2.05, 4.69) is 10.6 Å². The Bertz CT molecular complexity index is 1090. The SMILES string of the molecule is NC(=O)CCOc1ccc(NC(=O)C(Cc2ccccc2)NC(=O)c2ccc(Cl)cc2)cc1. The molecule has 1 unspecified atom stereocenters. The topological polar surface area (TPSA) is 111 Å². The van der Waals surface area contributed by atoms with Crippen LogP contribution in [0.5, 0.6) is 5.75 Å². The number of hydrogen-bond acceptors (Lipinski definition) is 4. The minimum absolute atomic E-state index is 0.118. The summed E-state index contributed by atoms with van der Waals surface area (Å²) in [5, 5.41) is 6.15. The van der Waals surface area contributed by atoms with E-state index in [-0.39, 0.29) is 24.8 Å². The third kappa shape index (κ3) is 7.66. The number of hydrogen-bond donors (Lipinski definition) is 3. The number of nitrogens with two attached hydrogens (primary N) is 1. The van der Waals surface area contributed by atoms with E-state index in [0.29, 0.717) is 28.4 Å².